The SMILES string of the molecule is N#CCc1ccc(NC(=O)COC(=O)[C@@H]2CC=CCC2)cc1. The van der Waals surface area contributed by atoms with Gasteiger partial charge in [0.15, 0.2) is 6.61 Å². The number of esters is 1. The van der Waals surface area contributed by atoms with Crippen molar-refractivity contribution in [1.82, 2.24) is 0 Å². The fraction of sp³-hybridized carbons (Fsp3) is 0.353. The smallest absolute Gasteiger partial charge is 0.309 e. The Morgan fingerprint density at radius 1 is 1.27 bits per heavy atom. The molecule has 1 amide bonds. The number of rotatable bonds is 5. The quantitative estimate of drug-likeness (QED) is 0.669. The van der Waals surface area contributed by atoms with Crippen LogP contribution in [0.5, 0.6) is 0 Å². The van der Waals surface area contributed by atoms with E-state index < -0.39 is 0 Å². The Balaban J connectivity index is 1.76. The van der Waals surface area contributed by atoms with Crippen LogP contribution in [0.25, 0.3) is 0 Å². The third-order valence-corrected chi connectivity index (χ3v) is 3.47. The summed E-state index contributed by atoms with van der Waals surface area (Å²) in [5, 5.41) is 11.2. The summed E-state index contributed by atoms with van der Waals surface area (Å²) in [6.07, 6.45) is 6.69. The normalized spacial score (nSPS) is 16.6. The van der Waals surface area contributed by atoms with Crippen LogP contribution in [0.2, 0.25) is 0 Å². The summed E-state index contributed by atoms with van der Waals surface area (Å²) in [4.78, 5) is 23.6. The number of nitrogens with one attached hydrogen (secondary N) is 1. The minimum Gasteiger partial charge on any atom is -0.455 e. The first-order valence-corrected chi connectivity index (χ1v) is 7.26. The van der Waals surface area contributed by atoms with E-state index in [4.69, 9.17) is 10.00 Å². The second kappa shape index (κ2) is 7.99. The van der Waals surface area contributed by atoms with Gasteiger partial charge in [0.2, 0.25) is 0 Å². The van der Waals surface area contributed by atoms with Gasteiger partial charge in [0.1, 0.15) is 0 Å². The molecule has 0 fully saturated rings. The summed E-state index contributed by atoms with van der Waals surface area (Å²) in [5.74, 6) is -0.820. The zero-order chi connectivity index (χ0) is 15.8. The number of carbonyl (C=O) groups is 2. The Morgan fingerprint density at radius 2 is 2.05 bits per heavy atom. The average molecular weight is 298 g/mol. The van der Waals surface area contributed by atoms with Crippen LogP contribution in [0.1, 0.15) is 24.8 Å². The van der Waals surface area contributed by atoms with E-state index in [0.29, 0.717) is 18.5 Å². The molecule has 0 saturated heterocycles. The van der Waals surface area contributed by atoms with Gasteiger partial charge >= 0.3 is 5.97 Å². The van der Waals surface area contributed by atoms with Gasteiger partial charge in [0.05, 0.1) is 18.4 Å². The number of ether oxygens (including phenoxy) is 1. The molecule has 1 aromatic rings. The Hall–Kier alpha value is -2.61. The summed E-state index contributed by atoms with van der Waals surface area (Å²) < 4.78 is 5.05. The molecule has 1 aliphatic carbocycles. The molecule has 114 valence electrons. The zero-order valence-electron chi connectivity index (χ0n) is 12.2. The van der Waals surface area contributed by atoms with E-state index in [9.17, 15) is 9.59 Å². The van der Waals surface area contributed by atoms with Crippen LogP contribution < -0.4 is 5.32 Å². The largest absolute Gasteiger partial charge is 0.455 e. The molecule has 1 N–H and O–H groups in total. The van der Waals surface area contributed by atoms with Crippen molar-refractivity contribution >= 4 is 17.6 Å². The number of amides is 1. The van der Waals surface area contributed by atoms with Gasteiger partial charge in [-0.2, -0.15) is 5.26 Å². The first-order chi connectivity index (χ1) is 10.7. The van der Waals surface area contributed by atoms with Crippen molar-refractivity contribution in [3.63, 3.8) is 0 Å². The van der Waals surface area contributed by atoms with Gasteiger partial charge in [-0.05, 0) is 37.0 Å². The topological polar surface area (TPSA) is 79.2 Å². The highest BCUT2D eigenvalue weighted by atomic mass is 16.5. The lowest BCUT2D eigenvalue weighted by molar-refractivity contribution is -0.151. The molecular weight excluding hydrogens is 280 g/mol. The van der Waals surface area contributed by atoms with Crippen molar-refractivity contribution in [2.45, 2.75) is 25.7 Å². The Kier molecular flexibility index (Phi) is 5.73. The standard InChI is InChI=1S/C17H18N2O3/c18-11-10-13-6-8-15(9-7-13)19-16(20)12-22-17(21)14-4-2-1-3-5-14/h1-2,6-9,14H,3-5,10,12H2,(H,19,20)/t14-/m1/s1. The van der Waals surface area contributed by atoms with Crippen LogP contribution in [0.3, 0.4) is 0 Å². The lowest BCUT2D eigenvalue weighted by Gasteiger charge is -2.16. The summed E-state index contributed by atoms with van der Waals surface area (Å²) in [5.41, 5.74) is 1.50. The number of nitriles is 1. The Morgan fingerprint density at radius 3 is 2.68 bits per heavy atom. The van der Waals surface area contributed by atoms with Crippen LogP contribution >= 0.6 is 0 Å². The number of nitrogens with zero attached hydrogens (tertiary/aromatic N) is 1. The predicted octanol–water partition coefficient (Wildman–Crippen LogP) is 2.59. The Bertz CT molecular complexity index is 599. The zero-order valence-corrected chi connectivity index (χ0v) is 12.2. The van der Waals surface area contributed by atoms with Gasteiger partial charge in [-0.1, -0.05) is 24.3 Å². The van der Waals surface area contributed by atoms with Gasteiger partial charge in [-0.3, -0.25) is 9.59 Å². The maximum Gasteiger partial charge on any atom is 0.309 e. The third kappa shape index (κ3) is 4.74. The summed E-state index contributed by atoms with van der Waals surface area (Å²) in [7, 11) is 0. The van der Waals surface area contributed by atoms with E-state index >= 15 is 0 Å². The molecule has 2 rings (SSSR count). The van der Waals surface area contributed by atoms with E-state index in [-0.39, 0.29) is 24.4 Å². The highest BCUT2D eigenvalue weighted by molar-refractivity contribution is 5.92. The van der Waals surface area contributed by atoms with Crippen LogP contribution in [-0.2, 0) is 20.7 Å². The number of allylic oxidation sites excluding steroid dienone is 2. The van der Waals surface area contributed by atoms with Crippen molar-refractivity contribution in [1.29, 1.82) is 5.26 Å². The lowest BCUT2D eigenvalue weighted by atomic mass is 9.95. The summed E-state index contributed by atoms with van der Waals surface area (Å²) in [6.45, 7) is -0.279. The van der Waals surface area contributed by atoms with Crippen molar-refractivity contribution in [3.8, 4) is 6.07 Å². The second-order valence-corrected chi connectivity index (χ2v) is 5.17. The molecule has 22 heavy (non-hydrogen) atoms. The fourth-order valence-electron chi connectivity index (χ4n) is 2.26. The Labute approximate surface area is 129 Å². The third-order valence-electron chi connectivity index (χ3n) is 3.47. The highest BCUT2D eigenvalue weighted by Crippen LogP contribution is 2.19. The molecule has 0 radical (unpaired) electrons. The molecule has 1 atom stereocenters. The van der Waals surface area contributed by atoms with E-state index in [1.54, 1.807) is 24.3 Å². The van der Waals surface area contributed by atoms with E-state index in [1.165, 1.54) is 0 Å². The monoisotopic (exact) mass is 298 g/mol. The van der Waals surface area contributed by atoms with Crippen LogP contribution in [0.15, 0.2) is 36.4 Å². The molecular formula is C17H18N2O3. The molecule has 0 aromatic heterocycles. The number of carbonyl (C=O) groups excluding carboxylic acids is 2. The molecule has 0 spiro atoms. The highest BCUT2D eigenvalue weighted by Gasteiger charge is 2.20. The average Bonchev–Trinajstić information content (AvgIpc) is 2.55. The molecule has 0 unspecified atom stereocenters. The minimum atomic E-state index is -0.368. The predicted molar refractivity (Wildman–Crippen MR) is 81.8 cm³/mol. The second-order valence-electron chi connectivity index (χ2n) is 5.17. The summed E-state index contributed by atoms with van der Waals surface area (Å²) >= 11 is 0. The van der Waals surface area contributed by atoms with Crippen molar-refractivity contribution in [2.24, 2.45) is 5.92 Å². The maximum atomic E-state index is 11.8. The van der Waals surface area contributed by atoms with Crippen molar-refractivity contribution < 1.29 is 14.3 Å². The van der Waals surface area contributed by atoms with Gasteiger partial charge < -0.3 is 10.1 Å². The van der Waals surface area contributed by atoms with Gasteiger partial charge in [-0.25, -0.2) is 0 Å². The molecule has 0 aliphatic heterocycles. The molecule has 0 saturated carbocycles. The first-order valence-electron chi connectivity index (χ1n) is 7.26. The summed E-state index contributed by atoms with van der Waals surface area (Å²) in [6, 6.07) is 9.05. The molecule has 1 aliphatic rings. The number of hydrogen-bond acceptors (Lipinski definition) is 4. The van der Waals surface area contributed by atoms with Crippen LogP contribution in [0, 0.1) is 17.2 Å². The van der Waals surface area contributed by atoms with Gasteiger partial charge in [-0.15, -0.1) is 0 Å². The van der Waals surface area contributed by atoms with E-state index in [0.717, 1.165) is 18.4 Å². The first kappa shape index (κ1) is 15.8. The van der Waals surface area contributed by atoms with E-state index in [2.05, 4.69) is 11.4 Å². The van der Waals surface area contributed by atoms with Crippen molar-refractivity contribution in [2.75, 3.05) is 11.9 Å². The van der Waals surface area contributed by atoms with Gasteiger partial charge in [0, 0.05) is 5.69 Å². The van der Waals surface area contributed by atoms with Gasteiger partial charge in [0.25, 0.3) is 5.91 Å². The molecule has 0 bridgehead atoms. The van der Waals surface area contributed by atoms with Crippen LogP contribution in [0.4, 0.5) is 5.69 Å². The van der Waals surface area contributed by atoms with E-state index in [1.807, 2.05) is 12.2 Å². The molecule has 5 nitrogen and oxygen atoms in total. The number of benzene rings is 1. The molecule has 1 aromatic carbocycles. The van der Waals surface area contributed by atoms with Crippen LogP contribution in [-0.4, -0.2) is 18.5 Å². The number of anilines is 1. The molecule has 5 heteroatoms. The maximum absolute atomic E-state index is 11.8. The molecule has 0 heterocycles. The van der Waals surface area contributed by atoms with Crippen molar-refractivity contribution in [3.05, 3.63) is 42.0 Å². The lowest BCUT2D eigenvalue weighted by Crippen LogP contribution is -2.25. The minimum absolute atomic E-state index is 0.136. The fourth-order valence-corrected chi connectivity index (χ4v) is 2.26. The number of hydrogen-bond donors (Lipinski definition) is 1.